The molecule has 0 aromatic heterocycles. The highest BCUT2D eigenvalue weighted by molar-refractivity contribution is 5.90. The Balaban J connectivity index is 1.91. The second-order valence-corrected chi connectivity index (χ2v) is 4.42. The van der Waals surface area contributed by atoms with E-state index in [0.29, 0.717) is 12.1 Å². The number of nitrogen functional groups attached to an aromatic ring is 1. The van der Waals surface area contributed by atoms with Crippen molar-refractivity contribution in [2.45, 2.75) is 12.8 Å². The number of hydrogen-bond donors (Lipinski definition) is 2. The highest BCUT2D eigenvalue weighted by atomic mass is 19.2. The summed E-state index contributed by atoms with van der Waals surface area (Å²) < 4.78 is 25.7. The Morgan fingerprint density at radius 3 is 2.60 bits per heavy atom. The van der Waals surface area contributed by atoms with Crippen LogP contribution in [0.25, 0.3) is 0 Å². The fraction of sp³-hybridized carbons (Fsp3) is 0.133. The number of carbonyl (C=O) groups excluding carboxylic acids is 1. The first-order chi connectivity index (χ1) is 9.54. The highest BCUT2D eigenvalue weighted by Gasteiger charge is 2.06. The molecule has 0 aliphatic heterocycles. The number of hydrogen-bond acceptors (Lipinski definition) is 2. The molecule has 3 N–H and O–H groups in total. The van der Waals surface area contributed by atoms with E-state index in [-0.39, 0.29) is 18.0 Å². The second-order valence-electron chi connectivity index (χ2n) is 4.42. The van der Waals surface area contributed by atoms with Crippen molar-refractivity contribution < 1.29 is 13.6 Å². The maximum Gasteiger partial charge on any atom is 0.224 e. The predicted molar refractivity (Wildman–Crippen MR) is 74.2 cm³/mol. The third kappa shape index (κ3) is 3.78. The fourth-order valence-corrected chi connectivity index (χ4v) is 1.80. The molecule has 1 amide bonds. The van der Waals surface area contributed by atoms with Crippen molar-refractivity contribution in [1.29, 1.82) is 0 Å². The molecule has 0 saturated carbocycles. The van der Waals surface area contributed by atoms with Crippen LogP contribution in [0.15, 0.2) is 42.5 Å². The Labute approximate surface area is 115 Å². The van der Waals surface area contributed by atoms with Gasteiger partial charge in [0.25, 0.3) is 0 Å². The average molecular weight is 276 g/mol. The first-order valence-electron chi connectivity index (χ1n) is 6.14. The lowest BCUT2D eigenvalue weighted by Crippen LogP contribution is -2.12. The standard InChI is InChI=1S/C15H14F2N2O/c16-13-6-5-12(9-14(13)17)19-15(20)7-4-10-2-1-3-11(18)8-10/h1-3,5-6,8-9H,4,7,18H2,(H,19,20). The Morgan fingerprint density at radius 2 is 1.90 bits per heavy atom. The molecule has 0 unspecified atom stereocenters. The highest BCUT2D eigenvalue weighted by Crippen LogP contribution is 2.14. The maximum atomic E-state index is 13.0. The van der Waals surface area contributed by atoms with Gasteiger partial charge in [0.2, 0.25) is 5.91 Å². The molecule has 0 bridgehead atoms. The van der Waals surface area contributed by atoms with Crippen molar-refractivity contribution in [3.63, 3.8) is 0 Å². The quantitative estimate of drug-likeness (QED) is 0.843. The molecule has 20 heavy (non-hydrogen) atoms. The van der Waals surface area contributed by atoms with Gasteiger partial charge in [0.15, 0.2) is 11.6 Å². The van der Waals surface area contributed by atoms with Gasteiger partial charge in [0.05, 0.1) is 0 Å². The molecule has 0 atom stereocenters. The summed E-state index contributed by atoms with van der Waals surface area (Å²) in [6.07, 6.45) is 0.767. The van der Waals surface area contributed by atoms with Crippen LogP contribution in [0.4, 0.5) is 20.2 Å². The van der Waals surface area contributed by atoms with Gasteiger partial charge in [-0.05, 0) is 36.2 Å². The third-order valence-electron chi connectivity index (χ3n) is 2.80. The van der Waals surface area contributed by atoms with Gasteiger partial charge >= 0.3 is 0 Å². The lowest BCUT2D eigenvalue weighted by atomic mass is 10.1. The lowest BCUT2D eigenvalue weighted by molar-refractivity contribution is -0.116. The van der Waals surface area contributed by atoms with E-state index in [1.54, 1.807) is 12.1 Å². The molecule has 2 aromatic rings. The van der Waals surface area contributed by atoms with E-state index in [2.05, 4.69) is 5.32 Å². The van der Waals surface area contributed by atoms with E-state index in [0.717, 1.165) is 17.7 Å². The molecule has 3 nitrogen and oxygen atoms in total. The fourth-order valence-electron chi connectivity index (χ4n) is 1.80. The van der Waals surface area contributed by atoms with Crippen molar-refractivity contribution in [3.05, 3.63) is 59.7 Å². The minimum Gasteiger partial charge on any atom is -0.399 e. The van der Waals surface area contributed by atoms with Gasteiger partial charge in [-0.25, -0.2) is 8.78 Å². The molecule has 0 heterocycles. The number of nitrogens with two attached hydrogens (primary N) is 1. The molecular weight excluding hydrogens is 262 g/mol. The van der Waals surface area contributed by atoms with Gasteiger partial charge in [-0.1, -0.05) is 12.1 Å². The van der Waals surface area contributed by atoms with E-state index in [1.165, 1.54) is 6.07 Å². The Kier molecular flexibility index (Phi) is 4.30. The van der Waals surface area contributed by atoms with E-state index < -0.39 is 11.6 Å². The summed E-state index contributed by atoms with van der Waals surface area (Å²) in [5, 5.41) is 2.52. The van der Waals surface area contributed by atoms with Gasteiger partial charge in [0.1, 0.15) is 0 Å². The second kappa shape index (κ2) is 6.14. The maximum absolute atomic E-state index is 13.0. The minimum absolute atomic E-state index is 0.237. The summed E-state index contributed by atoms with van der Waals surface area (Å²) in [4.78, 5) is 11.7. The first kappa shape index (κ1) is 14.0. The van der Waals surface area contributed by atoms with Gasteiger partial charge < -0.3 is 11.1 Å². The Bertz CT molecular complexity index is 629. The van der Waals surface area contributed by atoms with Crippen LogP contribution >= 0.6 is 0 Å². The van der Waals surface area contributed by atoms with Gasteiger partial charge in [-0.2, -0.15) is 0 Å². The molecule has 2 rings (SSSR count). The van der Waals surface area contributed by atoms with Crippen LogP contribution in [0.5, 0.6) is 0 Å². The molecule has 0 saturated heterocycles. The van der Waals surface area contributed by atoms with E-state index in [4.69, 9.17) is 5.73 Å². The van der Waals surface area contributed by atoms with Crippen LogP contribution in [0.2, 0.25) is 0 Å². The summed E-state index contributed by atoms with van der Waals surface area (Å²) in [6, 6.07) is 10.5. The van der Waals surface area contributed by atoms with Crippen LogP contribution in [-0.2, 0) is 11.2 Å². The summed E-state index contributed by atoms with van der Waals surface area (Å²) in [5.41, 5.74) is 7.47. The van der Waals surface area contributed by atoms with Crippen molar-refractivity contribution in [2.75, 3.05) is 11.1 Å². The zero-order chi connectivity index (χ0) is 14.5. The Morgan fingerprint density at radius 1 is 1.10 bits per heavy atom. The topological polar surface area (TPSA) is 55.1 Å². The number of amides is 1. The van der Waals surface area contributed by atoms with Crippen molar-refractivity contribution >= 4 is 17.3 Å². The molecule has 0 spiro atoms. The molecular formula is C15H14F2N2O. The molecule has 0 fully saturated rings. The number of carbonyl (C=O) groups is 1. The lowest BCUT2D eigenvalue weighted by Gasteiger charge is -2.06. The zero-order valence-corrected chi connectivity index (χ0v) is 10.7. The van der Waals surface area contributed by atoms with Crippen LogP contribution < -0.4 is 11.1 Å². The molecule has 5 heteroatoms. The largest absolute Gasteiger partial charge is 0.399 e. The van der Waals surface area contributed by atoms with E-state index in [1.807, 2.05) is 12.1 Å². The van der Waals surface area contributed by atoms with Crippen molar-refractivity contribution in [3.8, 4) is 0 Å². The van der Waals surface area contributed by atoms with Gasteiger partial charge in [-0.3, -0.25) is 4.79 Å². The number of aryl methyl sites for hydroxylation is 1. The number of benzene rings is 2. The summed E-state index contributed by atoms with van der Waals surface area (Å²) in [6.45, 7) is 0. The summed E-state index contributed by atoms with van der Waals surface area (Å²) in [7, 11) is 0. The molecule has 0 aliphatic rings. The minimum atomic E-state index is -0.987. The Hall–Kier alpha value is -2.43. The smallest absolute Gasteiger partial charge is 0.224 e. The van der Waals surface area contributed by atoms with Gasteiger partial charge in [0, 0.05) is 23.9 Å². The van der Waals surface area contributed by atoms with Crippen molar-refractivity contribution in [2.24, 2.45) is 0 Å². The molecule has 104 valence electrons. The molecule has 0 aliphatic carbocycles. The van der Waals surface area contributed by atoms with Gasteiger partial charge in [-0.15, -0.1) is 0 Å². The average Bonchev–Trinajstić information content (AvgIpc) is 2.41. The monoisotopic (exact) mass is 276 g/mol. The zero-order valence-electron chi connectivity index (χ0n) is 10.7. The number of rotatable bonds is 4. The van der Waals surface area contributed by atoms with Crippen LogP contribution in [-0.4, -0.2) is 5.91 Å². The molecule has 2 aromatic carbocycles. The summed E-state index contributed by atoms with van der Waals surface area (Å²) in [5.74, 6) is -2.19. The number of halogens is 2. The number of anilines is 2. The first-order valence-corrected chi connectivity index (χ1v) is 6.14. The normalized spacial score (nSPS) is 10.3. The van der Waals surface area contributed by atoms with Crippen molar-refractivity contribution in [1.82, 2.24) is 0 Å². The van der Waals surface area contributed by atoms with Crippen LogP contribution in [0.3, 0.4) is 0 Å². The molecule has 0 radical (unpaired) electrons. The SMILES string of the molecule is Nc1cccc(CCC(=O)Nc2ccc(F)c(F)c2)c1. The number of nitrogens with one attached hydrogen (secondary N) is 1. The summed E-state index contributed by atoms with van der Waals surface area (Å²) >= 11 is 0. The van der Waals surface area contributed by atoms with Crippen LogP contribution in [0.1, 0.15) is 12.0 Å². The third-order valence-corrected chi connectivity index (χ3v) is 2.80. The van der Waals surface area contributed by atoms with E-state index in [9.17, 15) is 13.6 Å². The van der Waals surface area contributed by atoms with E-state index >= 15 is 0 Å². The predicted octanol–water partition coefficient (Wildman–Crippen LogP) is 3.12. The van der Waals surface area contributed by atoms with Crippen LogP contribution in [0, 0.1) is 11.6 Å².